The van der Waals surface area contributed by atoms with Gasteiger partial charge in [-0.3, -0.25) is 4.79 Å². The van der Waals surface area contributed by atoms with Gasteiger partial charge in [-0.25, -0.2) is 0 Å². The molecule has 0 aromatic heterocycles. The Morgan fingerprint density at radius 2 is 2.00 bits per heavy atom. The average Bonchev–Trinajstić information content (AvgIpc) is 2.23. The van der Waals surface area contributed by atoms with Crippen molar-refractivity contribution in [2.24, 2.45) is 0 Å². The SMILES string of the molecule is COc1cc2c(cc1C)C(=O)CCC2(C)C. The van der Waals surface area contributed by atoms with E-state index < -0.39 is 0 Å². The van der Waals surface area contributed by atoms with Crippen LogP contribution in [-0.4, -0.2) is 12.9 Å². The van der Waals surface area contributed by atoms with E-state index in [4.69, 9.17) is 4.74 Å². The van der Waals surface area contributed by atoms with E-state index in [1.807, 2.05) is 19.1 Å². The first-order valence-electron chi connectivity index (χ1n) is 5.68. The van der Waals surface area contributed by atoms with Crippen LogP contribution in [0.2, 0.25) is 0 Å². The summed E-state index contributed by atoms with van der Waals surface area (Å²) in [5.41, 5.74) is 3.12. The highest BCUT2D eigenvalue weighted by Gasteiger charge is 2.32. The predicted molar refractivity (Wildman–Crippen MR) is 64.3 cm³/mol. The second kappa shape index (κ2) is 3.62. The van der Waals surface area contributed by atoms with Crippen molar-refractivity contribution in [2.75, 3.05) is 7.11 Å². The van der Waals surface area contributed by atoms with Crippen molar-refractivity contribution in [3.8, 4) is 5.75 Å². The summed E-state index contributed by atoms with van der Waals surface area (Å²) in [7, 11) is 1.67. The Morgan fingerprint density at radius 3 is 2.62 bits per heavy atom. The molecule has 1 aromatic rings. The van der Waals surface area contributed by atoms with E-state index in [0.29, 0.717) is 6.42 Å². The molecule has 0 fully saturated rings. The molecule has 0 saturated carbocycles. The maximum absolute atomic E-state index is 11.9. The summed E-state index contributed by atoms with van der Waals surface area (Å²) in [6.07, 6.45) is 1.58. The van der Waals surface area contributed by atoms with E-state index >= 15 is 0 Å². The molecule has 0 unspecified atom stereocenters. The lowest BCUT2D eigenvalue weighted by Crippen LogP contribution is -2.27. The fourth-order valence-electron chi connectivity index (χ4n) is 2.39. The molecule has 0 amide bonds. The lowest BCUT2D eigenvalue weighted by atomic mass is 9.72. The number of ketones is 1. The van der Waals surface area contributed by atoms with Crippen LogP contribution in [0.5, 0.6) is 5.75 Å². The first-order valence-corrected chi connectivity index (χ1v) is 5.68. The van der Waals surface area contributed by atoms with Crippen LogP contribution in [0.3, 0.4) is 0 Å². The molecule has 0 radical (unpaired) electrons. The smallest absolute Gasteiger partial charge is 0.163 e. The fraction of sp³-hybridized carbons (Fsp3) is 0.500. The normalized spacial score (nSPS) is 18.1. The minimum atomic E-state index is 0.0736. The van der Waals surface area contributed by atoms with E-state index in [9.17, 15) is 4.79 Å². The minimum absolute atomic E-state index is 0.0736. The second-order valence-electron chi connectivity index (χ2n) is 5.17. The van der Waals surface area contributed by atoms with E-state index in [1.165, 1.54) is 0 Å². The summed E-state index contributed by atoms with van der Waals surface area (Å²) >= 11 is 0. The molecule has 0 heterocycles. The van der Waals surface area contributed by atoms with Gasteiger partial charge in [-0.2, -0.15) is 0 Å². The maximum atomic E-state index is 11.9. The topological polar surface area (TPSA) is 26.3 Å². The zero-order valence-corrected chi connectivity index (χ0v) is 10.4. The van der Waals surface area contributed by atoms with Crippen molar-refractivity contribution in [1.82, 2.24) is 0 Å². The molecule has 2 heteroatoms. The molecule has 0 aliphatic heterocycles. The summed E-state index contributed by atoms with van der Waals surface area (Å²) in [6.45, 7) is 6.36. The van der Waals surface area contributed by atoms with Gasteiger partial charge in [0.15, 0.2) is 5.78 Å². The van der Waals surface area contributed by atoms with Gasteiger partial charge in [0.05, 0.1) is 7.11 Å². The first kappa shape index (κ1) is 11.2. The molecule has 0 saturated heterocycles. The van der Waals surface area contributed by atoms with Crippen molar-refractivity contribution in [2.45, 2.75) is 39.0 Å². The molecular weight excluding hydrogens is 200 g/mol. The number of Topliss-reactive ketones (excluding diaryl/α,β-unsaturated/α-hetero) is 1. The van der Waals surface area contributed by atoms with E-state index in [2.05, 4.69) is 13.8 Å². The van der Waals surface area contributed by atoms with Crippen molar-refractivity contribution in [1.29, 1.82) is 0 Å². The van der Waals surface area contributed by atoms with Gasteiger partial charge in [0.1, 0.15) is 5.75 Å². The van der Waals surface area contributed by atoms with Gasteiger partial charge in [0, 0.05) is 12.0 Å². The maximum Gasteiger partial charge on any atom is 0.163 e. The summed E-state index contributed by atoms with van der Waals surface area (Å²) in [4.78, 5) is 11.9. The Labute approximate surface area is 96.6 Å². The number of hydrogen-bond acceptors (Lipinski definition) is 2. The Morgan fingerprint density at radius 1 is 1.31 bits per heavy atom. The van der Waals surface area contributed by atoms with Gasteiger partial charge in [0.25, 0.3) is 0 Å². The van der Waals surface area contributed by atoms with Crippen LogP contribution in [0.25, 0.3) is 0 Å². The van der Waals surface area contributed by atoms with E-state index in [-0.39, 0.29) is 11.2 Å². The van der Waals surface area contributed by atoms with Crippen LogP contribution >= 0.6 is 0 Å². The van der Waals surface area contributed by atoms with Crippen molar-refractivity contribution in [3.05, 3.63) is 28.8 Å². The molecule has 1 aliphatic carbocycles. The molecule has 86 valence electrons. The molecule has 0 spiro atoms. The fourth-order valence-corrected chi connectivity index (χ4v) is 2.39. The first-order chi connectivity index (χ1) is 7.45. The third-order valence-corrected chi connectivity index (χ3v) is 3.54. The van der Waals surface area contributed by atoms with Crippen LogP contribution in [0, 0.1) is 6.92 Å². The number of rotatable bonds is 1. The highest BCUT2D eigenvalue weighted by Crippen LogP contribution is 2.39. The molecular formula is C14H18O2. The second-order valence-corrected chi connectivity index (χ2v) is 5.17. The average molecular weight is 218 g/mol. The number of hydrogen-bond donors (Lipinski definition) is 0. The van der Waals surface area contributed by atoms with Gasteiger partial charge in [-0.15, -0.1) is 0 Å². The summed E-state index contributed by atoms with van der Waals surface area (Å²) in [6, 6.07) is 4.00. The van der Waals surface area contributed by atoms with E-state index in [0.717, 1.165) is 28.9 Å². The van der Waals surface area contributed by atoms with Crippen LogP contribution in [0.1, 0.15) is 48.2 Å². The zero-order chi connectivity index (χ0) is 11.9. The molecule has 2 rings (SSSR count). The van der Waals surface area contributed by atoms with Crippen LogP contribution in [0.15, 0.2) is 12.1 Å². The van der Waals surface area contributed by atoms with Gasteiger partial charge in [-0.05, 0) is 42.0 Å². The number of ether oxygens (including phenoxy) is 1. The molecule has 0 atom stereocenters. The summed E-state index contributed by atoms with van der Waals surface area (Å²) in [5.74, 6) is 1.14. The third-order valence-electron chi connectivity index (χ3n) is 3.54. The third kappa shape index (κ3) is 1.62. The van der Waals surface area contributed by atoms with Gasteiger partial charge in [0.2, 0.25) is 0 Å². The monoisotopic (exact) mass is 218 g/mol. The van der Waals surface area contributed by atoms with Crippen molar-refractivity contribution < 1.29 is 9.53 Å². The Bertz CT molecular complexity index is 444. The highest BCUT2D eigenvalue weighted by molar-refractivity contribution is 5.99. The summed E-state index contributed by atoms with van der Waals surface area (Å²) in [5, 5.41) is 0. The van der Waals surface area contributed by atoms with Crippen LogP contribution < -0.4 is 4.74 Å². The number of carbonyl (C=O) groups excluding carboxylic acids is 1. The van der Waals surface area contributed by atoms with Gasteiger partial charge in [-0.1, -0.05) is 13.8 Å². The predicted octanol–water partition coefficient (Wildman–Crippen LogP) is 3.26. The molecule has 1 aliphatic rings. The molecule has 0 bridgehead atoms. The number of aryl methyl sites for hydroxylation is 1. The molecule has 0 N–H and O–H groups in total. The zero-order valence-electron chi connectivity index (χ0n) is 10.4. The molecule has 1 aromatic carbocycles. The Balaban J connectivity index is 2.66. The highest BCUT2D eigenvalue weighted by atomic mass is 16.5. The van der Waals surface area contributed by atoms with E-state index in [1.54, 1.807) is 7.11 Å². The number of fused-ring (bicyclic) bond motifs is 1. The van der Waals surface area contributed by atoms with Crippen LogP contribution in [0.4, 0.5) is 0 Å². The Kier molecular flexibility index (Phi) is 2.53. The van der Waals surface area contributed by atoms with Crippen LogP contribution in [-0.2, 0) is 5.41 Å². The van der Waals surface area contributed by atoms with Crippen molar-refractivity contribution >= 4 is 5.78 Å². The summed E-state index contributed by atoms with van der Waals surface area (Å²) < 4.78 is 5.33. The number of carbonyl (C=O) groups is 1. The van der Waals surface area contributed by atoms with Gasteiger partial charge < -0.3 is 4.74 Å². The minimum Gasteiger partial charge on any atom is -0.496 e. The molecule has 16 heavy (non-hydrogen) atoms. The number of benzene rings is 1. The Hall–Kier alpha value is -1.31. The van der Waals surface area contributed by atoms with Crippen molar-refractivity contribution in [3.63, 3.8) is 0 Å². The quantitative estimate of drug-likeness (QED) is 0.723. The van der Waals surface area contributed by atoms with Gasteiger partial charge >= 0.3 is 0 Å². The number of methoxy groups -OCH3 is 1. The lowest BCUT2D eigenvalue weighted by Gasteiger charge is -2.32. The lowest BCUT2D eigenvalue weighted by molar-refractivity contribution is 0.0956. The largest absolute Gasteiger partial charge is 0.496 e. The molecule has 2 nitrogen and oxygen atoms in total. The standard InChI is InChI=1S/C14H18O2/c1-9-7-10-11(8-13(9)16-4)14(2,3)6-5-12(10)15/h7-8H,5-6H2,1-4H3.